The van der Waals surface area contributed by atoms with Gasteiger partial charge in [-0.3, -0.25) is 4.99 Å². The van der Waals surface area contributed by atoms with Crippen molar-refractivity contribution in [3.63, 3.8) is 0 Å². The minimum Gasteiger partial charge on any atom is -0.357 e. The van der Waals surface area contributed by atoms with E-state index in [1.54, 1.807) is 0 Å². The van der Waals surface area contributed by atoms with Gasteiger partial charge in [0.1, 0.15) is 0 Å². The average Bonchev–Trinajstić information content (AvgIpc) is 2.84. The van der Waals surface area contributed by atoms with E-state index in [2.05, 4.69) is 71.7 Å². The molecule has 0 radical (unpaired) electrons. The van der Waals surface area contributed by atoms with Gasteiger partial charge in [-0.25, -0.2) is 0 Å². The van der Waals surface area contributed by atoms with Crippen molar-refractivity contribution in [2.45, 2.75) is 32.7 Å². The Bertz CT molecular complexity index is 508. The smallest absolute Gasteiger partial charge is 0.191 e. The number of nitrogens with one attached hydrogen (secondary N) is 2. The van der Waals surface area contributed by atoms with Gasteiger partial charge in [0, 0.05) is 26.2 Å². The summed E-state index contributed by atoms with van der Waals surface area (Å²) in [7, 11) is 2.22. The monoisotopic (exact) mass is 473 g/mol. The molecule has 0 spiro atoms. The summed E-state index contributed by atoms with van der Waals surface area (Å²) in [6.45, 7) is 12.0. The molecule has 0 bridgehead atoms. The molecule has 2 rings (SSSR count). The number of benzene rings is 1. The molecule has 0 amide bonds. The molecule has 2 N–H and O–H groups in total. The fourth-order valence-electron chi connectivity index (χ4n) is 3.16. The molecule has 6 heteroatoms. The zero-order chi connectivity index (χ0) is 17.9. The first-order valence-electron chi connectivity index (χ1n) is 9.69. The number of nitrogens with zero attached hydrogens (tertiary/aromatic N) is 3. The third-order valence-electron chi connectivity index (χ3n) is 4.71. The minimum absolute atomic E-state index is 0. The van der Waals surface area contributed by atoms with Gasteiger partial charge < -0.3 is 20.4 Å². The van der Waals surface area contributed by atoms with Crippen LogP contribution in [0.2, 0.25) is 0 Å². The Morgan fingerprint density at radius 2 is 1.92 bits per heavy atom. The van der Waals surface area contributed by atoms with Crippen molar-refractivity contribution in [1.82, 2.24) is 20.4 Å². The van der Waals surface area contributed by atoms with Crippen LogP contribution in [0.25, 0.3) is 0 Å². The lowest BCUT2D eigenvalue weighted by Gasteiger charge is -2.20. The van der Waals surface area contributed by atoms with Crippen LogP contribution in [-0.2, 0) is 0 Å². The van der Waals surface area contributed by atoms with Crippen LogP contribution < -0.4 is 10.6 Å². The summed E-state index contributed by atoms with van der Waals surface area (Å²) in [6.07, 6.45) is 2.39. The van der Waals surface area contributed by atoms with E-state index in [1.807, 2.05) is 0 Å². The fraction of sp³-hybridized carbons (Fsp3) is 0.650. The quantitative estimate of drug-likeness (QED) is 0.277. The van der Waals surface area contributed by atoms with Crippen molar-refractivity contribution >= 4 is 29.9 Å². The number of hydrogen-bond donors (Lipinski definition) is 2. The van der Waals surface area contributed by atoms with Crippen molar-refractivity contribution in [3.05, 3.63) is 35.9 Å². The van der Waals surface area contributed by atoms with Gasteiger partial charge in [0.15, 0.2) is 5.96 Å². The number of rotatable bonds is 7. The molecule has 1 fully saturated rings. The van der Waals surface area contributed by atoms with E-state index in [0.717, 1.165) is 32.0 Å². The highest BCUT2D eigenvalue weighted by Gasteiger charge is 2.11. The molecule has 1 aromatic carbocycles. The number of aliphatic imine (C=N–C) groups is 1. The number of guanidine groups is 1. The summed E-state index contributed by atoms with van der Waals surface area (Å²) in [5.41, 5.74) is 1.28. The normalized spacial score (nSPS) is 17.9. The van der Waals surface area contributed by atoms with Crippen LogP contribution in [0.3, 0.4) is 0 Å². The predicted molar refractivity (Wildman–Crippen MR) is 123 cm³/mol. The maximum atomic E-state index is 4.76. The molecule has 1 saturated heterocycles. The molecular weight excluding hydrogens is 437 g/mol. The van der Waals surface area contributed by atoms with Gasteiger partial charge in [0.25, 0.3) is 0 Å². The topological polar surface area (TPSA) is 42.9 Å². The highest BCUT2D eigenvalue weighted by Crippen LogP contribution is 2.10. The second-order valence-electron chi connectivity index (χ2n) is 6.89. The summed E-state index contributed by atoms with van der Waals surface area (Å²) in [6, 6.07) is 10.8. The molecule has 1 atom stereocenters. The Balaban J connectivity index is 0.00000338. The largest absolute Gasteiger partial charge is 0.357 e. The van der Waals surface area contributed by atoms with E-state index in [0.29, 0.717) is 0 Å². The summed E-state index contributed by atoms with van der Waals surface area (Å²) in [5.74, 6) is 0.912. The molecule has 5 nitrogen and oxygen atoms in total. The van der Waals surface area contributed by atoms with Crippen LogP contribution in [0.1, 0.15) is 38.3 Å². The van der Waals surface area contributed by atoms with Gasteiger partial charge in [0.05, 0.1) is 6.04 Å². The first-order valence-corrected chi connectivity index (χ1v) is 9.69. The van der Waals surface area contributed by atoms with Gasteiger partial charge in [-0.2, -0.15) is 0 Å². The second-order valence-corrected chi connectivity index (χ2v) is 6.89. The Morgan fingerprint density at radius 3 is 2.65 bits per heavy atom. The van der Waals surface area contributed by atoms with Crippen molar-refractivity contribution in [3.8, 4) is 0 Å². The van der Waals surface area contributed by atoms with Crippen molar-refractivity contribution < 1.29 is 0 Å². The van der Waals surface area contributed by atoms with Gasteiger partial charge in [-0.05, 0) is 58.9 Å². The SMILES string of the molecule is CCNC(=NCCCN1CCCN(C)CC1)NC(C)c1ccccc1.I. The second kappa shape index (κ2) is 13.3. The minimum atomic E-state index is 0. The maximum absolute atomic E-state index is 4.76. The average molecular weight is 473 g/mol. The van der Waals surface area contributed by atoms with Crippen LogP contribution in [0.5, 0.6) is 0 Å². The maximum Gasteiger partial charge on any atom is 0.191 e. The molecule has 1 unspecified atom stereocenters. The van der Waals surface area contributed by atoms with Crippen LogP contribution in [0.4, 0.5) is 0 Å². The highest BCUT2D eigenvalue weighted by molar-refractivity contribution is 14.0. The number of halogens is 1. The zero-order valence-corrected chi connectivity index (χ0v) is 18.9. The van der Waals surface area contributed by atoms with Gasteiger partial charge >= 0.3 is 0 Å². The van der Waals surface area contributed by atoms with E-state index in [1.165, 1.54) is 38.2 Å². The summed E-state index contributed by atoms with van der Waals surface area (Å²) >= 11 is 0. The van der Waals surface area contributed by atoms with Crippen molar-refractivity contribution in [2.24, 2.45) is 4.99 Å². The third-order valence-corrected chi connectivity index (χ3v) is 4.71. The van der Waals surface area contributed by atoms with Gasteiger partial charge in [0.2, 0.25) is 0 Å². The molecule has 26 heavy (non-hydrogen) atoms. The molecule has 1 aliphatic rings. The Labute approximate surface area is 176 Å². The van der Waals surface area contributed by atoms with E-state index in [9.17, 15) is 0 Å². The van der Waals surface area contributed by atoms with Crippen LogP contribution in [0.15, 0.2) is 35.3 Å². The molecule has 0 aromatic heterocycles. The van der Waals surface area contributed by atoms with Gasteiger partial charge in [-0.1, -0.05) is 30.3 Å². The van der Waals surface area contributed by atoms with E-state index in [4.69, 9.17) is 4.99 Å². The lowest BCUT2D eigenvalue weighted by molar-refractivity contribution is 0.275. The van der Waals surface area contributed by atoms with Gasteiger partial charge in [-0.15, -0.1) is 24.0 Å². The Morgan fingerprint density at radius 1 is 1.15 bits per heavy atom. The van der Waals surface area contributed by atoms with Crippen molar-refractivity contribution in [2.75, 3.05) is 52.9 Å². The summed E-state index contributed by atoms with van der Waals surface area (Å²) in [4.78, 5) is 9.76. The summed E-state index contributed by atoms with van der Waals surface area (Å²) < 4.78 is 0. The highest BCUT2D eigenvalue weighted by atomic mass is 127. The van der Waals surface area contributed by atoms with Crippen LogP contribution in [0, 0.1) is 0 Å². The molecule has 1 aromatic rings. The Hall–Kier alpha value is -0.860. The van der Waals surface area contributed by atoms with E-state index in [-0.39, 0.29) is 30.0 Å². The molecule has 0 aliphatic carbocycles. The van der Waals surface area contributed by atoms with Crippen molar-refractivity contribution in [1.29, 1.82) is 0 Å². The van der Waals surface area contributed by atoms with E-state index >= 15 is 0 Å². The molecule has 0 saturated carbocycles. The molecular formula is C20H36IN5. The first-order chi connectivity index (χ1) is 12.2. The van der Waals surface area contributed by atoms with E-state index < -0.39 is 0 Å². The molecule has 148 valence electrons. The molecule has 1 aliphatic heterocycles. The third kappa shape index (κ3) is 8.68. The predicted octanol–water partition coefficient (Wildman–Crippen LogP) is 2.95. The Kier molecular flexibility index (Phi) is 11.9. The first kappa shape index (κ1) is 23.2. The number of hydrogen-bond acceptors (Lipinski definition) is 3. The lowest BCUT2D eigenvalue weighted by atomic mass is 10.1. The molecule has 1 heterocycles. The van der Waals surface area contributed by atoms with Crippen LogP contribution in [-0.4, -0.2) is 68.6 Å². The zero-order valence-electron chi connectivity index (χ0n) is 16.6. The lowest BCUT2D eigenvalue weighted by Crippen LogP contribution is -2.39. The fourth-order valence-corrected chi connectivity index (χ4v) is 3.16. The summed E-state index contributed by atoms with van der Waals surface area (Å²) in [5, 5.41) is 6.86. The van der Waals surface area contributed by atoms with Crippen LogP contribution >= 0.6 is 24.0 Å². The standard InChI is InChI=1S/C20H35N5.HI/c1-4-21-20(23-18(2)19-10-6-5-7-11-19)22-12-8-14-25-15-9-13-24(3)16-17-25;/h5-7,10-11,18H,4,8-9,12-17H2,1-3H3,(H2,21,22,23);1H. The number of likely N-dealkylation sites (N-methyl/N-ethyl adjacent to an activating group) is 1.